The summed E-state index contributed by atoms with van der Waals surface area (Å²) in [5.74, 6) is -3.23. The number of nitrogens with zero attached hydrogens (tertiary/aromatic N) is 4. The summed E-state index contributed by atoms with van der Waals surface area (Å²) in [4.78, 5) is 84.4. The Hall–Kier alpha value is -4.94. The van der Waals surface area contributed by atoms with Crippen LogP contribution in [0, 0.1) is 0 Å². The number of likely N-dealkylation sites (tertiary alicyclic amines) is 2. The molecule has 13 nitrogen and oxygen atoms in total. The summed E-state index contributed by atoms with van der Waals surface area (Å²) in [6.07, 6.45) is 3.19. The van der Waals surface area contributed by atoms with Gasteiger partial charge in [-0.05, 0) is 55.5 Å². The number of anilines is 3. The lowest BCUT2D eigenvalue weighted by molar-refractivity contribution is -0.136. The van der Waals surface area contributed by atoms with E-state index in [4.69, 9.17) is 5.11 Å². The van der Waals surface area contributed by atoms with Crippen LogP contribution in [0.25, 0.3) is 0 Å². The molecule has 13 heteroatoms. The van der Waals surface area contributed by atoms with E-state index < -0.39 is 29.9 Å². The summed E-state index contributed by atoms with van der Waals surface area (Å²) < 4.78 is 0. The van der Waals surface area contributed by atoms with Gasteiger partial charge in [-0.15, -0.1) is 0 Å². The monoisotopic (exact) mass is 590 g/mol. The lowest BCUT2D eigenvalue weighted by Crippen LogP contribution is -2.58. The van der Waals surface area contributed by atoms with Crippen molar-refractivity contribution in [3.05, 3.63) is 54.1 Å². The normalized spacial score (nSPS) is 17.1. The van der Waals surface area contributed by atoms with Crippen LogP contribution in [0.2, 0.25) is 0 Å². The number of para-hydroxylation sites is 2. The summed E-state index contributed by atoms with van der Waals surface area (Å²) in [5, 5.41) is 14.1. The minimum absolute atomic E-state index is 0.255. The quantitative estimate of drug-likeness (QED) is 0.392. The number of aliphatic carboxylic acids is 1. The Bertz CT molecular complexity index is 1360. The minimum Gasteiger partial charge on any atom is -0.481 e. The van der Waals surface area contributed by atoms with Crippen molar-refractivity contribution < 1.29 is 33.9 Å². The first kappa shape index (κ1) is 29.5. The number of urea groups is 1. The van der Waals surface area contributed by atoms with E-state index in [1.165, 1.54) is 15.9 Å². The molecular formula is C30H34N6O7. The zero-order chi connectivity index (χ0) is 30.5. The number of rotatable bonds is 8. The predicted molar refractivity (Wildman–Crippen MR) is 157 cm³/mol. The molecular weight excluding hydrogens is 556 g/mol. The van der Waals surface area contributed by atoms with Gasteiger partial charge in [-0.2, -0.15) is 0 Å². The maximum Gasteiger partial charge on any atom is 0.320 e. The van der Waals surface area contributed by atoms with Crippen LogP contribution in [0.3, 0.4) is 0 Å². The van der Waals surface area contributed by atoms with E-state index in [0.29, 0.717) is 31.7 Å². The van der Waals surface area contributed by atoms with E-state index in [1.54, 1.807) is 52.3 Å². The Morgan fingerprint density at radius 1 is 0.744 bits per heavy atom. The predicted octanol–water partition coefficient (Wildman–Crippen LogP) is 1.43. The molecule has 6 amide bonds. The van der Waals surface area contributed by atoms with Gasteiger partial charge in [0.1, 0.15) is 13.1 Å². The highest BCUT2D eigenvalue weighted by molar-refractivity contribution is 6.23. The first-order valence-corrected chi connectivity index (χ1v) is 14.4. The van der Waals surface area contributed by atoms with Crippen LogP contribution in [0.1, 0.15) is 31.2 Å². The van der Waals surface area contributed by atoms with Crippen molar-refractivity contribution >= 4 is 52.7 Å². The van der Waals surface area contributed by atoms with Crippen LogP contribution in [-0.4, -0.2) is 95.8 Å². The Balaban J connectivity index is 1.45. The average molecular weight is 591 g/mol. The van der Waals surface area contributed by atoms with Gasteiger partial charge >= 0.3 is 12.0 Å². The Labute approximate surface area is 248 Å². The first-order chi connectivity index (χ1) is 20.7. The maximum atomic E-state index is 14.0. The Kier molecular flexibility index (Phi) is 8.88. The van der Waals surface area contributed by atoms with E-state index >= 15 is 0 Å². The van der Waals surface area contributed by atoms with E-state index in [-0.39, 0.29) is 48.4 Å². The number of carbonyl (C=O) groups excluding carboxylic acids is 5. The largest absolute Gasteiger partial charge is 0.481 e. The molecule has 2 aromatic carbocycles. The second-order valence-corrected chi connectivity index (χ2v) is 10.8. The zero-order valence-corrected chi connectivity index (χ0v) is 23.7. The average Bonchev–Trinajstić information content (AvgIpc) is 3.71. The summed E-state index contributed by atoms with van der Waals surface area (Å²) in [6, 6.07) is 10.1. The second kappa shape index (κ2) is 12.9. The second-order valence-electron chi connectivity index (χ2n) is 10.8. The third kappa shape index (κ3) is 6.76. The van der Waals surface area contributed by atoms with Gasteiger partial charge in [0.2, 0.25) is 11.8 Å². The molecule has 0 aliphatic carbocycles. The molecule has 3 aliphatic heterocycles. The van der Waals surface area contributed by atoms with Crippen LogP contribution >= 0.6 is 0 Å². The molecule has 3 heterocycles. The Morgan fingerprint density at radius 3 is 1.74 bits per heavy atom. The van der Waals surface area contributed by atoms with Crippen molar-refractivity contribution in [1.82, 2.24) is 15.1 Å². The number of amides is 6. The summed E-state index contributed by atoms with van der Waals surface area (Å²) in [7, 11) is 0. The third-order valence-corrected chi connectivity index (χ3v) is 7.81. The molecule has 2 fully saturated rings. The summed E-state index contributed by atoms with van der Waals surface area (Å²) in [6.45, 7) is 1.61. The van der Waals surface area contributed by atoms with Crippen molar-refractivity contribution in [3.63, 3.8) is 0 Å². The Morgan fingerprint density at radius 2 is 1.26 bits per heavy atom. The van der Waals surface area contributed by atoms with Gasteiger partial charge in [0, 0.05) is 31.9 Å². The fraction of sp³-hybridized carbons (Fsp3) is 0.400. The molecule has 2 aromatic rings. The fourth-order valence-corrected chi connectivity index (χ4v) is 5.66. The smallest absolute Gasteiger partial charge is 0.320 e. The highest BCUT2D eigenvalue weighted by Crippen LogP contribution is 2.34. The highest BCUT2D eigenvalue weighted by atomic mass is 16.4. The number of nitrogens with one attached hydrogen (secondary N) is 2. The lowest BCUT2D eigenvalue weighted by atomic mass is 10.1. The van der Waals surface area contributed by atoms with Crippen molar-refractivity contribution in [2.24, 2.45) is 0 Å². The number of fused-ring (bicyclic) bond motifs is 1. The van der Waals surface area contributed by atoms with E-state index in [9.17, 15) is 28.8 Å². The van der Waals surface area contributed by atoms with E-state index in [1.807, 2.05) is 0 Å². The van der Waals surface area contributed by atoms with Crippen molar-refractivity contribution in [2.45, 2.75) is 38.1 Å². The molecule has 0 saturated carbocycles. The molecule has 0 atom stereocenters. The van der Waals surface area contributed by atoms with Crippen LogP contribution in [0.5, 0.6) is 0 Å². The van der Waals surface area contributed by atoms with Crippen LogP contribution < -0.4 is 20.4 Å². The molecule has 0 aromatic heterocycles. The first-order valence-electron chi connectivity index (χ1n) is 14.4. The number of carbonyl (C=O) groups is 6. The number of carboxylic acids is 1. The number of hydrogen-bond acceptors (Lipinski definition) is 6. The SMILES string of the molecule is O=C(O)Cc1cccc(NC(=O)NC2C(=O)N(CC(=O)N3CCCC3)c3ccccc3N(CC(=O)N3CCCC3)C2=O)c1. The van der Waals surface area contributed by atoms with E-state index in [2.05, 4.69) is 10.6 Å². The minimum atomic E-state index is -1.74. The van der Waals surface area contributed by atoms with Gasteiger partial charge in [-0.25, -0.2) is 4.79 Å². The van der Waals surface area contributed by atoms with Gasteiger partial charge in [-0.1, -0.05) is 24.3 Å². The molecule has 2 saturated heterocycles. The molecule has 43 heavy (non-hydrogen) atoms. The molecule has 3 N–H and O–H groups in total. The molecule has 0 unspecified atom stereocenters. The van der Waals surface area contributed by atoms with Crippen molar-refractivity contribution in [2.75, 3.05) is 54.4 Å². The standard InChI is InChI=1S/C30H34N6O7/c37-24(33-12-3-4-13-33)18-35-22-10-1-2-11-23(22)36(19-25(38)34-14-5-6-15-34)29(42)27(28(35)41)32-30(43)31-21-9-7-8-20(16-21)17-26(39)40/h1-2,7-11,16,27H,3-6,12-15,17-19H2,(H,39,40)(H2,31,32,43). The van der Waals surface area contributed by atoms with Crippen molar-refractivity contribution in [1.29, 1.82) is 0 Å². The summed E-state index contributed by atoms with van der Waals surface area (Å²) in [5.41, 5.74) is 1.28. The van der Waals surface area contributed by atoms with Gasteiger partial charge in [-0.3, -0.25) is 33.8 Å². The molecule has 5 rings (SSSR count). The van der Waals surface area contributed by atoms with Crippen LogP contribution in [0.15, 0.2) is 48.5 Å². The number of hydrogen-bond donors (Lipinski definition) is 3. The van der Waals surface area contributed by atoms with Crippen LogP contribution in [-0.2, 0) is 30.4 Å². The lowest BCUT2D eigenvalue weighted by Gasteiger charge is -2.27. The van der Waals surface area contributed by atoms with Gasteiger partial charge < -0.3 is 25.5 Å². The maximum absolute atomic E-state index is 14.0. The third-order valence-electron chi connectivity index (χ3n) is 7.81. The summed E-state index contributed by atoms with van der Waals surface area (Å²) >= 11 is 0. The van der Waals surface area contributed by atoms with Gasteiger partial charge in [0.15, 0.2) is 6.04 Å². The topological polar surface area (TPSA) is 160 Å². The molecule has 226 valence electrons. The van der Waals surface area contributed by atoms with Crippen LogP contribution in [0.4, 0.5) is 21.9 Å². The highest BCUT2D eigenvalue weighted by Gasteiger charge is 2.43. The van der Waals surface area contributed by atoms with Gasteiger partial charge in [0.05, 0.1) is 17.8 Å². The molecule has 0 spiro atoms. The fourth-order valence-electron chi connectivity index (χ4n) is 5.66. The molecule has 3 aliphatic rings. The van der Waals surface area contributed by atoms with Gasteiger partial charge in [0.25, 0.3) is 11.8 Å². The zero-order valence-electron chi connectivity index (χ0n) is 23.7. The number of benzene rings is 2. The molecule has 0 radical (unpaired) electrons. The number of carboxylic acid groups (broad SMARTS) is 1. The molecule has 0 bridgehead atoms. The van der Waals surface area contributed by atoms with Crippen molar-refractivity contribution in [3.8, 4) is 0 Å². The van der Waals surface area contributed by atoms with E-state index in [0.717, 1.165) is 25.7 Å².